The summed E-state index contributed by atoms with van der Waals surface area (Å²) < 4.78 is 0.965. The molecule has 0 saturated carbocycles. The van der Waals surface area contributed by atoms with E-state index in [1.165, 1.54) is 0 Å². The Labute approximate surface area is 156 Å². The number of carbonyl (C=O) groups excluding carboxylic acids is 1. The fraction of sp³-hybridized carbons (Fsp3) is 0.238. The molecule has 0 aliphatic carbocycles. The summed E-state index contributed by atoms with van der Waals surface area (Å²) in [7, 11) is 1.84. The van der Waals surface area contributed by atoms with Crippen LogP contribution in [0.5, 0.6) is 0 Å². The molecule has 3 rings (SSSR count). The van der Waals surface area contributed by atoms with E-state index in [-0.39, 0.29) is 11.9 Å². The molecule has 2 aromatic carbocycles. The average molecular weight is 397 g/mol. The van der Waals surface area contributed by atoms with Crippen molar-refractivity contribution in [1.29, 1.82) is 0 Å². The van der Waals surface area contributed by atoms with E-state index in [1.54, 1.807) is 4.90 Å². The number of fused-ring (bicyclic) bond motifs is 1. The standard InChI is InChI=1S/C21H21BrN2O/c1-4-14(2)24(3)21(25)19-13-15-9-5-6-10-16(15)20(23-19)17-11-7-8-12-18(17)22/h5-14H,4H2,1-3H3. The van der Waals surface area contributed by atoms with Gasteiger partial charge in [-0.25, -0.2) is 4.98 Å². The van der Waals surface area contributed by atoms with E-state index in [0.29, 0.717) is 5.69 Å². The van der Waals surface area contributed by atoms with Gasteiger partial charge in [-0.1, -0.05) is 65.3 Å². The molecule has 4 heteroatoms. The molecule has 0 aliphatic rings. The first-order valence-electron chi connectivity index (χ1n) is 8.44. The van der Waals surface area contributed by atoms with E-state index in [9.17, 15) is 4.79 Å². The number of hydrogen-bond donors (Lipinski definition) is 0. The molecule has 1 aromatic heterocycles. The van der Waals surface area contributed by atoms with Gasteiger partial charge in [-0.05, 0) is 30.9 Å². The smallest absolute Gasteiger partial charge is 0.272 e. The summed E-state index contributed by atoms with van der Waals surface area (Å²) in [5.41, 5.74) is 2.29. The summed E-state index contributed by atoms with van der Waals surface area (Å²) in [5, 5.41) is 2.06. The molecule has 3 nitrogen and oxygen atoms in total. The van der Waals surface area contributed by atoms with Crippen LogP contribution in [-0.2, 0) is 0 Å². The molecule has 1 unspecified atom stereocenters. The van der Waals surface area contributed by atoms with E-state index >= 15 is 0 Å². The molecule has 128 valence electrons. The van der Waals surface area contributed by atoms with E-state index < -0.39 is 0 Å². The number of pyridine rings is 1. The average Bonchev–Trinajstić information content (AvgIpc) is 2.65. The molecule has 0 spiro atoms. The maximum absolute atomic E-state index is 12.9. The van der Waals surface area contributed by atoms with Crippen LogP contribution >= 0.6 is 15.9 Å². The summed E-state index contributed by atoms with van der Waals surface area (Å²) in [6.45, 7) is 4.13. The first kappa shape index (κ1) is 17.6. The zero-order chi connectivity index (χ0) is 18.0. The van der Waals surface area contributed by atoms with E-state index in [2.05, 4.69) is 22.9 Å². The molecule has 1 heterocycles. The summed E-state index contributed by atoms with van der Waals surface area (Å²) in [5.74, 6) is -0.0478. The monoisotopic (exact) mass is 396 g/mol. The maximum atomic E-state index is 12.9. The van der Waals surface area contributed by atoms with Crippen molar-refractivity contribution in [3.63, 3.8) is 0 Å². The Bertz CT molecular complexity index is 923. The third-order valence-corrected chi connectivity index (χ3v) is 5.35. The van der Waals surface area contributed by atoms with Gasteiger partial charge in [0, 0.05) is 28.5 Å². The lowest BCUT2D eigenvalue weighted by Gasteiger charge is -2.24. The molecule has 1 atom stereocenters. The van der Waals surface area contributed by atoms with Crippen molar-refractivity contribution in [3.8, 4) is 11.3 Å². The second-order valence-electron chi connectivity index (χ2n) is 6.23. The first-order valence-corrected chi connectivity index (χ1v) is 9.24. The van der Waals surface area contributed by atoms with Crippen LogP contribution in [0.2, 0.25) is 0 Å². The number of rotatable bonds is 4. The molecule has 0 aliphatic heterocycles. The van der Waals surface area contributed by atoms with Crippen LogP contribution in [0, 0.1) is 0 Å². The molecule has 0 saturated heterocycles. The van der Waals surface area contributed by atoms with Gasteiger partial charge in [0.05, 0.1) is 5.69 Å². The van der Waals surface area contributed by atoms with Crippen LogP contribution in [0.4, 0.5) is 0 Å². The highest BCUT2D eigenvalue weighted by Gasteiger charge is 2.20. The molecular formula is C21H21BrN2O. The lowest BCUT2D eigenvalue weighted by atomic mass is 10.0. The molecule has 1 amide bonds. The van der Waals surface area contributed by atoms with Crippen molar-refractivity contribution in [2.45, 2.75) is 26.3 Å². The quantitative estimate of drug-likeness (QED) is 0.580. The van der Waals surface area contributed by atoms with Gasteiger partial charge in [-0.2, -0.15) is 0 Å². The Morgan fingerprint density at radius 3 is 2.56 bits per heavy atom. The fourth-order valence-corrected chi connectivity index (χ4v) is 3.29. The molecule has 25 heavy (non-hydrogen) atoms. The van der Waals surface area contributed by atoms with Gasteiger partial charge in [-0.3, -0.25) is 4.79 Å². The van der Waals surface area contributed by atoms with Gasteiger partial charge in [0.1, 0.15) is 5.69 Å². The van der Waals surface area contributed by atoms with Crippen molar-refractivity contribution >= 4 is 32.6 Å². The third-order valence-electron chi connectivity index (χ3n) is 4.66. The van der Waals surface area contributed by atoms with Crippen molar-refractivity contribution in [2.75, 3.05) is 7.05 Å². The van der Waals surface area contributed by atoms with Crippen LogP contribution < -0.4 is 0 Å². The second kappa shape index (κ2) is 7.36. The third kappa shape index (κ3) is 3.45. The zero-order valence-corrected chi connectivity index (χ0v) is 16.2. The van der Waals surface area contributed by atoms with Crippen LogP contribution in [-0.4, -0.2) is 28.9 Å². The van der Waals surface area contributed by atoms with Crippen LogP contribution in [0.1, 0.15) is 30.8 Å². The molecule has 0 bridgehead atoms. The lowest BCUT2D eigenvalue weighted by molar-refractivity contribution is 0.0735. The highest BCUT2D eigenvalue weighted by atomic mass is 79.9. The van der Waals surface area contributed by atoms with Crippen molar-refractivity contribution in [1.82, 2.24) is 9.88 Å². The zero-order valence-electron chi connectivity index (χ0n) is 14.7. The number of halogens is 1. The lowest BCUT2D eigenvalue weighted by Crippen LogP contribution is -2.35. The van der Waals surface area contributed by atoms with Crippen LogP contribution in [0.3, 0.4) is 0 Å². The second-order valence-corrected chi connectivity index (χ2v) is 7.08. The van der Waals surface area contributed by atoms with Crippen LogP contribution in [0.25, 0.3) is 22.0 Å². The maximum Gasteiger partial charge on any atom is 0.272 e. The molecular weight excluding hydrogens is 376 g/mol. The minimum atomic E-state index is -0.0478. The Balaban J connectivity index is 2.20. The topological polar surface area (TPSA) is 33.2 Å². The number of benzene rings is 2. The number of hydrogen-bond acceptors (Lipinski definition) is 2. The highest BCUT2D eigenvalue weighted by molar-refractivity contribution is 9.10. The van der Waals surface area contributed by atoms with E-state index in [4.69, 9.17) is 4.98 Å². The fourth-order valence-electron chi connectivity index (χ4n) is 2.82. The Hall–Kier alpha value is -2.20. The molecule has 0 radical (unpaired) electrons. The summed E-state index contributed by atoms with van der Waals surface area (Å²) >= 11 is 3.61. The normalized spacial score (nSPS) is 12.2. The van der Waals surface area contributed by atoms with Gasteiger partial charge in [0.2, 0.25) is 0 Å². The highest BCUT2D eigenvalue weighted by Crippen LogP contribution is 2.32. The van der Waals surface area contributed by atoms with Gasteiger partial charge in [-0.15, -0.1) is 0 Å². The molecule has 0 N–H and O–H groups in total. The Kier molecular flexibility index (Phi) is 5.19. The van der Waals surface area contributed by atoms with Gasteiger partial charge in [0.15, 0.2) is 0 Å². The van der Waals surface area contributed by atoms with Crippen molar-refractivity contribution < 1.29 is 4.79 Å². The number of nitrogens with zero attached hydrogens (tertiary/aromatic N) is 2. The Morgan fingerprint density at radius 1 is 1.16 bits per heavy atom. The van der Waals surface area contributed by atoms with Gasteiger partial charge in [0.25, 0.3) is 5.91 Å². The predicted octanol–water partition coefficient (Wildman–Crippen LogP) is 5.53. The largest absolute Gasteiger partial charge is 0.338 e. The predicted molar refractivity (Wildman–Crippen MR) is 107 cm³/mol. The van der Waals surface area contributed by atoms with Gasteiger partial charge >= 0.3 is 0 Å². The Morgan fingerprint density at radius 2 is 1.84 bits per heavy atom. The SMILES string of the molecule is CCC(C)N(C)C(=O)c1cc2ccccc2c(-c2ccccc2Br)n1. The first-order chi connectivity index (χ1) is 12.0. The van der Waals surface area contributed by atoms with Crippen LogP contribution in [0.15, 0.2) is 59.1 Å². The van der Waals surface area contributed by atoms with Gasteiger partial charge < -0.3 is 4.90 Å². The summed E-state index contributed by atoms with van der Waals surface area (Å²) in [6.07, 6.45) is 0.910. The molecule has 0 fully saturated rings. The summed E-state index contributed by atoms with van der Waals surface area (Å²) in [6, 6.07) is 18.1. The number of aromatic nitrogens is 1. The van der Waals surface area contributed by atoms with E-state index in [0.717, 1.165) is 32.9 Å². The minimum Gasteiger partial charge on any atom is -0.338 e. The number of amides is 1. The van der Waals surface area contributed by atoms with Crippen molar-refractivity contribution in [2.24, 2.45) is 0 Å². The van der Waals surface area contributed by atoms with Crippen molar-refractivity contribution in [3.05, 3.63) is 64.8 Å². The van der Waals surface area contributed by atoms with E-state index in [1.807, 2.05) is 68.6 Å². The number of carbonyl (C=O) groups is 1. The molecule has 3 aromatic rings. The summed E-state index contributed by atoms with van der Waals surface area (Å²) in [4.78, 5) is 19.4. The minimum absolute atomic E-state index is 0.0478.